The number of rotatable bonds is 8. The first-order valence-electron chi connectivity index (χ1n) is 13.6. The van der Waals surface area contributed by atoms with Crippen molar-refractivity contribution in [2.75, 3.05) is 17.3 Å². The number of nitrogens with one attached hydrogen (secondary N) is 3. The third-order valence-corrected chi connectivity index (χ3v) is 8.03. The summed E-state index contributed by atoms with van der Waals surface area (Å²) in [7, 11) is -3.20. The van der Waals surface area contributed by atoms with E-state index in [9.17, 15) is 17.6 Å². The topological polar surface area (TPSA) is 146 Å². The molecule has 3 N–H and O–H groups in total. The lowest BCUT2D eigenvalue weighted by molar-refractivity contribution is -0.118. The molecule has 5 aromatic heterocycles. The number of hydrogen-bond donors (Lipinski definition) is 3. The Kier molecular flexibility index (Phi) is 7.22. The van der Waals surface area contributed by atoms with Crippen molar-refractivity contribution in [3.8, 4) is 33.8 Å². The molecular formula is C31H28FN7O3S. The fraction of sp³-hybridized carbons (Fsp3) is 0.194. The first-order chi connectivity index (χ1) is 20.5. The predicted molar refractivity (Wildman–Crippen MR) is 164 cm³/mol. The van der Waals surface area contributed by atoms with Crippen molar-refractivity contribution in [1.82, 2.24) is 30.1 Å². The Morgan fingerprint density at radius 1 is 0.977 bits per heavy atom. The van der Waals surface area contributed by atoms with Gasteiger partial charge in [0.25, 0.3) is 0 Å². The second-order valence-electron chi connectivity index (χ2n) is 10.8. The summed E-state index contributed by atoms with van der Waals surface area (Å²) in [4.78, 5) is 28.9. The van der Waals surface area contributed by atoms with Gasteiger partial charge < -0.3 is 10.3 Å². The van der Waals surface area contributed by atoms with Gasteiger partial charge in [-0.1, -0.05) is 13.8 Å². The van der Waals surface area contributed by atoms with Gasteiger partial charge in [-0.05, 0) is 54.4 Å². The Balaban J connectivity index is 1.38. The molecule has 6 rings (SSSR count). The van der Waals surface area contributed by atoms with E-state index in [1.165, 1.54) is 12.1 Å². The summed E-state index contributed by atoms with van der Waals surface area (Å²) in [5, 5.41) is 11.9. The maximum absolute atomic E-state index is 14.6. The lowest BCUT2D eigenvalue weighted by Crippen LogP contribution is -2.17. The van der Waals surface area contributed by atoms with E-state index in [1.807, 2.05) is 38.1 Å². The fourth-order valence-corrected chi connectivity index (χ4v) is 5.48. The van der Waals surface area contributed by atoms with Gasteiger partial charge >= 0.3 is 0 Å². The van der Waals surface area contributed by atoms with Crippen LogP contribution in [0.15, 0.2) is 67.3 Å². The molecule has 43 heavy (non-hydrogen) atoms. The third kappa shape index (κ3) is 6.00. The van der Waals surface area contributed by atoms with Gasteiger partial charge in [-0.25, -0.2) is 17.8 Å². The molecule has 0 spiro atoms. The number of sulfone groups is 1. The van der Waals surface area contributed by atoms with Crippen LogP contribution in [0.2, 0.25) is 0 Å². The zero-order valence-electron chi connectivity index (χ0n) is 23.6. The van der Waals surface area contributed by atoms with Crippen LogP contribution in [0.3, 0.4) is 0 Å². The highest BCUT2D eigenvalue weighted by molar-refractivity contribution is 7.90. The van der Waals surface area contributed by atoms with E-state index in [0.29, 0.717) is 33.8 Å². The molecule has 0 aliphatic rings. The molecule has 0 bridgehead atoms. The molecule has 218 valence electrons. The number of aromatic amines is 2. The second kappa shape index (κ2) is 11.0. The van der Waals surface area contributed by atoms with Crippen LogP contribution in [0.25, 0.3) is 55.7 Å². The molecule has 0 unspecified atom stereocenters. The van der Waals surface area contributed by atoms with Gasteiger partial charge in [0, 0.05) is 63.7 Å². The van der Waals surface area contributed by atoms with Crippen molar-refractivity contribution in [3.63, 3.8) is 0 Å². The Labute approximate surface area is 246 Å². The summed E-state index contributed by atoms with van der Waals surface area (Å²) in [6.45, 7) is 3.65. The number of benzene rings is 1. The summed E-state index contributed by atoms with van der Waals surface area (Å²) in [6.07, 6.45) is 8.02. The zero-order valence-corrected chi connectivity index (χ0v) is 24.5. The van der Waals surface area contributed by atoms with Crippen LogP contribution in [0.5, 0.6) is 0 Å². The van der Waals surface area contributed by atoms with Crippen LogP contribution in [0.4, 0.5) is 10.1 Å². The van der Waals surface area contributed by atoms with Crippen molar-refractivity contribution >= 4 is 43.4 Å². The summed E-state index contributed by atoms with van der Waals surface area (Å²) >= 11 is 0. The molecule has 5 heterocycles. The van der Waals surface area contributed by atoms with Gasteiger partial charge in [0.15, 0.2) is 5.65 Å². The highest BCUT2D eigenvalue weighted by Gasteiger charge is 2.17. The number of nitrogens with zero attached hydrogens (tertiary/aromatic N) is 4. The number of carbonyl (C=O) groups is 1. The molecule has 0 saturated carbocycles. The van der Waals surface area contributed by atoms with Crippen molar-refractivity contribution < 1.29 is 17.6 Å². The number of amides is 1. The molecule has 0 aliphatic heterocycles. The SMILES string of the molecule is CC(C)C(=O)Nc1cncc(-c2cnc3n[nH]c(-c4cc5c(-c6cc(F)cc(CCS(C)(=O)=O)c6)nccc5[nH]4)c3c2)c1. The van der Waals surface area contributed by atoms with E-state index in [0.717, 1.165) is 39.4 Å². The van der Waals surface area contributed by atoms with E-state index in [2.05, 4.69) is 35.5 Å². The van der Waals surface area contributed by atoms with Gasteiger partial charge in [0.05, 0.1) is 34.7 Å². The van der Waals surface area contributed by atoms with Gasteiger partial charge in [-0.15, -0.1) is 0 Å². The quantitative estimate of drug-likeness (QED) is 0.208. The van der Waals surface area contributed by atoms with Gasteiger partial charge in [0.1, 0.15) is 15.7 Å². The Bertz CT molecular complexity index is 2120. The summed E-state index contributed by atoms with van der Waals surface area (Å²) in [6, 6.07) is 12.1. The number of aryl methyl sites for hydroxylation is 1. The molecule has 1 amide bonds. The number of carbonyl (C=O) groups excluding carboxylic acids is 1. The highest BCUT2D eigenvalue weighted by atomic mass is 32.2. The normalized spacial score (nSPS) is 11.9. The van der Waals surface area contributed by atoms with Crippen LogP contribution in [0.1, 0.15) is 19.4 Å². The molecule has 0 atom stereocenters. The molecule has 0 radical (unpaired) electrons. The number of fused-ring (bicyclic) bond motifs is 2. The maximum Gasteiger partial charge on any atom is 0.226 e. The smallest absolute Gasteiger partial charge is 0.226 e. The Morgan fingerprint density at radius 3 is 2.58 bits per heavy atom. The van der Waals surface area contributed by atoms with Crippen LogP contribution in [-0.2, 0) is 21.1 Å². The number of H-pyrrole nitrogens is 2. The van der Waals surface area contributed by atoms with Gasteiger partial charge in [-0.3, -0.25) is 19.9 Å². The molecule has 6 aromatic rings. The second-order valence-corrected chi connectivity index (χ2v) is 13.1. The third-order valence-electron chi connectivity index (χ3n) is 7.08. The van der Waals surface area contributed by atoms with E-state index in [1.54, 1.807) is 30.9 Å². The van der Waals surface area contributed by atoms with E-state index >= 15 is 0 Å². The first kappa shape index (κ1) is 28.2. The largest absolute Gasteiger partial charge is 0.353 e. The summed E-state index contributed by atoms with van der Waals surface area (Å²) in [5.74, 6) is -0.792. The lowest BCUT2D eigenvalue weighted by atomic mass is 10.0. The number of anilines is 1. The number of halogens is 1. The summed E-state index contributed by atoms with van der Waals surface area (Å²) in [5.41, 5.74) is 6.61. The van der Waals surface area contributed by atoms with Crippen LogP contribution >= 0.6 is 0 Å². The summed E-state index contributed by atoms with van der Waals surface area (Å²) < 4.78 is 37.9. The average Bonchev–Trinajstić information content (AvgIpc) is 3.59. The highest BCUT2D eigenvalue weighted by Crippen LogP contribution is 2.34. The van der Waals surface area contributed by atoms with Crippen LogP contribution in [-0.4, -0.2) is 56.5 Å². The minimum absolute atomic E-state index is 0.0717. The van der Waals surface area contributed by atoms with E-state index in [4.69, 9.17) is 0 Å². The molecule has 12 heteroatoms. The minimum atomic E-state index is -3.20. The molecule has 0 fully saturated rings. The Hall–Kier alpha value is -4.97. The van der Waals surface area contributed by atoms with E-state index in [-0.39, 0.29) is 24.0 Å². The zero-order chi connectivity index (χ0) is 30.3. The van der Waals surface area contributed by atoms with Crippen LogP contribution < -0.4 is 5.32 Å². The monoisotopic (exact) mass is 597 g/mol. The van der Waals surface area contributed by atoms with Crippen molar-refractivity contribution in [2.24, 2.45) is 5.92 Å². The number of pyridine rings is 3. The van der Waals surface area contributed by atoms with Gasteiger partial charge in [-0.2, -0.15) is 5.10 Å². The standard InChI is InChI=1S/C31H28FN7O3S/c1-17(2)31(40)36-23-11-20(14-33-16-23)21-12-25-29(38-39-30(25)35-15-21)27-13-24-26(37-27)4-6-34-28(24)19-8-18(9-22(32)10-19)5-7-43(3,41)42/h4,6,8-17,37H,5,7H2,1-3H3,(H,36,40)(H,35,38,39). The first-order valence-corrected chi connectivity index (χ1v) is 15.7. The molecule has 1 aromatic carbocycles. The van der Waals surface area contributed by atoms with Crippen molar-refractivity contribution in [1.29, 1.82) is 0 Å². The maximum atomic E-state index is 14.6. The molecule has 0 aliphatic carbocycles. The van der Waals surface area contributed by atoms with Crippen molar-refractivity contribution in [3.05, 3.63) is 78.6 Å². The number of aromatic nitrogens is 6. The number of hydrogen-bond acceptors (Lipinski definition) is 7. The minimum Gasteiger partial charge on any atom is -0.353 e. The average molecular weight is 598 g/mol. The molecule has 10 nitrogen and oxygen atoms in total. The Morgan fingerprint density at radius 2 is 1.79 bits per heavy atom. The lowest BCUT2D eigenvalue weighted by Gasteiger charge is -2.09. The molecular weight excluding hydrogens is 569 g/mol. The fourth-order valence-electron chi connectivity index (χ4n) is 4.87. The van der Waals surface area contributed by atoms with Crippen LogP contribution in [0, 0.1) is 11.7 Å². The predicted octanol–water partition coefficient (Wildman–Crippen LogP) is 5.55. The molecule has 0 saturated heterocycles. The van der Waals surface area contributed by atoms with Gasteiger partial charge in [0.2, 0.25) is 5.91 Å². The van der Waals surface area contributed by atoms with E-state index < -0.39 is 15.7 Å². The van der Waals surface area contributed by atoms with Crippen molar-refractivity contribution in [2.45, 2.75) is 20.3 Å².